The Morgan fingerprint density at radius 2 is 1.85 bits per heavy atom. The second-order valence-corrected chi connectivity index (χ2v) is 11.2. The zero-order valence-corrected chi connectivity index (χ0v) is 23.3. The number of para-hydroxylation sites is 1. The molecule has 3 N–H and O–H groups in total. The maximum atomic E-state index is 13.6. The van der Waals surface area contributed by atoms with E-state index in [1.807, 2.05) is 55.5 Å². The number of carbonyl (C=O) groups excluding carboxylic acids is 3. The number of benzene rings is 2. The van der Waals surface area contributed by atoms with Crippen LogP contribution < -0.4 is 25.6 Å². The van der Waals surface area contributed by atoms with Crippen molar-refractivity contribution in [2.24, 2.45) is 0 Å². The molecule has 6 rings (SSSR count). The molecule has 1 aliphatic heterocycles. The van der Waals surface area contributed by atoms with Crippen molar-refractivity contribution in [1.82, 2.24) is 15.6 Å². The molecule has 0 unspecified atom stereocenters. The van der Waals surface area contributed by atoms with E-state index in [1.165, 1.54) is 17.4 Å². The molecule has 2 aromatic carbocycles. The average molecular weight is 568 g/mol. The van der Waals surface area contributed by atoms with Gasteiger partial charge in [0, 0.05) is 18.3 Å². The summed E-state index contributed by atoms with van der Waals surface area (Å²) in [5, 5.41) is 9.74. The van der Waals surface area contributed by atoms with Crippen LogP contribution in [-0.2, 0) is 4.79 Å². The molecule has 10 heteroatoms. The molecule has 2 aromatic heterocycles. The second-order valence-electron chi connectivity index (χ2n) is 10.2. The predicted molar refractivity (Wildman–Crippen MR) is 160 cm³/mol. The van der Waals surface area contributed by atoms with Crippen LogP contribution in [0.5, 0.6) is 11.5 Å². The van der Waals surface area contributed by atoms with Crippen LogP contribution >= 0.6 is 11.3 Å². The number of anilines is 3. The third-order valence-corrected chi connectivity index (χ3v) is 8.48. The van der Waals surface area contributed by atoms with Crippen molar-refractivity contribution in [3.63, 3.8) is 0 Å². The Balaban J connectivity index is 1.27. The minimum Gasteiger partial charge on any atom is -0.457 e. The van der Waals surface area contributed by atoms with E-state index in [0.29, 0.717) is 38.9 Å². The van der Waals surface area contributed by atoms with Gasteiger partial charge in [-0.25, -0.2) is 9.78 Å². The topological polar surface area (TPSA) is 113 Å². The Bertz CT molecular complexity index is 1670. The van der Waals surface area contributed by atoms with Gasteiger partial charge in [-0.05, 0) is 80.6 Å². The Kier molecular flexibility index (Phi) is 7.15. The number of rotatable bonds is 7. The first-order valence-electron chi connectivity index (χ1n) is 13.5. The highest BCUT2D eigenvalue weighted by Crippen LogP contribution is 2.46. The van der Waals surface area contributed by atoms with Crippen LogP contribution in [0.3, 0.4) is 0 Å². The predicted octanol–water partition coefficient (Wildman–Crippen LogP) is 6.42. The van der Waals surface area contributed by atoms with Crippen molar-refractivity contribution in [3.8, 4) is 11.5 Å². The van der Waals surface area contributed by atoms with Crippen molar-refractivity contribution in [2.45, 2.75) is 44.7 Å². The van der Waals surface area contributed by atoms with Crippen LogP contribution in [0.15, 0.2) is 73.4 Å². The van der Waals surface area contributed by atoms with Crippen LogP contribution in [0.4, 0.5) is 21.9 Å². The summed E-state index contributed by atoms with van der Waals surface area (Å²) in [4.78, 5) is 46.0. The van der Waals surface area contributed by atoms with E-state index < -0.39 is 0 Å². The van der Waals surface area contributed by atoms with Gasteiger partial charge in [0.25, 0.3) is 5.91 Å². The van der Waals surface area contributed by atoms with Gasteiger partial charge in [-0.15, -0.1) is 11.3 Å². The number of ether oxygens (including phenoxy) is 1. The third kappa shape index (κ3) is 5.26. The summed E-state index contributed by atoms with van der Waals surface area (Å²) >= 11 is 1.25. The molecule has 41 heavy (non-hydrogen) atoms. The van der Waals surface area contributed by atoms with E-state index in [-0.39, 0.29) is 29.9 Å². The van der Waals surface area contributed by atoms with Crippen molar-refractivity contribution in [1.29, 1.82) is 0 Å². The number of hydrogen-bond acceptors (Lipinski definition) is 6. The summed E-state index contributed by atoms with van der Waals surface area (Å²) in [5.41, 5.74) is 2.69. The van der Waals surface area contributed by atoms with Gasteiger partial charge in [0.1, 0.15) is 21.2 Å². The molecule has 0 saturated heterocycles. The number of nitrogens with one attached hydrogen (secondary N) is 3. The van der Waals surface area contributed by atoms with Gasteiger partial charge in [-0.2, -0.15) is 0 Å². The number of urea groups is 1. The van der Waals surface area contributed by atoms with Crippen LogP contribution in [0.2, 0.25) is 0 Å². The molecule has 4 amide bonds. The lowest BCUT2D eigenvalue weighted by atomic mass is 9.91. The minimum absolute atomic E-state index is 0.0189. The molecule has 9 nitrogen and oxygen atoms in total. The fourth-order valence-corrected chi connectivity index (χ4v) is 6.54. The standard InChI is InChI=1S/C31H29N5O4S/c1-3-25(37)33-19-8-7-9-20(17-19)34-29(38)28-27-26-24(14-15-32-30(26)41-28)36(31(39)35-27)23-13-12-22(16-18(23)2)40-21-10-5-4-6-11-21/h3-6,10-16,19-20H,1,7-9,17H2,2H3,(H,33,37)(H,34,38)(H,35,39)/t19-,20-/m1/s1. The van der Waals surface area contributed by atoms with Gasteiger partial charge in [0.2, 0.25) is 5.91 Å². The largest absolute Gasteiger partial charge is 0.457 e. The first-order chi connectivity index (χ1) is 19.9. The SMILES string of the molecule is C=CC(=O)N[C@@H]1CCC[C@@H](NC(=O)c2sc3nccc4c3c2NC(=O)N4c2ccc(Oc3ccccc3)cc2C)C1. The fraction of sp³-hybridized carbons (Fsp3) is 0.226. The first-order valence-corrected chi connectivity index (χ1v) is 14.3. The lowest BCUT2D eigenvalue weighted by Gasteiger charge is -2.31. The third-order valence-electron chi connectivity index (χ3n) is 7.38. The number of aryl methyl sites for hydroxylation is 1. The van der Waals surface area contributed by atoms with E-state index in [4.69, 9.17) is 4.74 Å². The number of nitrogens with zero attached hydrogens (tertiary/aromatic N) is 2. The molecule has 0 spiro atoms. The zero-order chi connectivity index (χ0) is 28.5. The molecule has 1 saturated carbocycles. The van der Waals surface area contributed by atoms with Crippen molar-refractivity contribution in [3.05, 3.63) is 83.9 Å². The highest BCUT2D eigenvalue weighted by molar-refractivity contribution is 7.21. The Hall–Kier alpha value is -4.70. The summed E-state index contributed by atoms with van der Waals surface area (Å²) in [6.45, 7) is 5.44. The van der Waals surface area contributed by atoms with Gasteiger partial charge in [0.15, 0.2) is 0 Å². The van der Waals surface area contributed by atoms with E-state index in [1.54, 1.807) is 17.2 Å². The van der Waals surface area contributed by atoms with Gasteiger partial charge < -0.3 is 20.7 Å². The lowest BCUT2D eigenvalue weighted by molar-refractivity contribution is -0.117. The molecular weight excluding hydrogens is 538 g/mol. The van der Waals surface area contributed by atoms with E-state index >= 15 is 0 Å². The highest BCUT2D eigenvalue weighted by atomic mass is 32.1. The van der Waals surface area contributed by atoms with E-state index in [2.05, 4.69) is 27.5 Å². The van der Waals surface area contributed by atoms with Gasteiger partial charge in [-0.3, -0.25) is 14.5 Å². The average Bonchev–Trinajstić information content (AvgIpc) is 3.34. The smallest absolute Gasteiger partial charge is 0.331 e. The number of carbonyl (C=O) groups is 3. The molecule has 4 aromatic rings. The van der Waals surface area contributed by atoms with Crippen molar-refractivity contribution < 1.29 is 19.1 Å². The zero-order valence-electron chi connectivity index (χ0n) is 22.5. The van der Waals surface area contributed by atoms with Crippen LogP contribution in [-0.4, -0.2) is 34.9 Å². The molecule has 2 atom stereocenters. The van der Waals surface area contributed by atoms with Crippen LogP contribution in [0.1, 0.15) is 40.9 Å². The van der Waals surface area contributed by atoms with Crippen LogP contribution in [0.25, 0.3) is 10.2 Å². The quantitative estimate of drug-likeness (QED) is 0.223. The molecule has 2 aliphatic rings. The lowest BCUT2D eigenvalue weighted by Crippen LogP contribution is -2.45. The van der Waals surface area contributed by atoms with E-state index in [0.717, 1.165) is 36.0 Å². The number of thiophene rings is 1. The maximum Gasteiger partial charge on any atom is 0.331 e. The minimum atomic E-state index is -0.359. The Labute approximate surface area is 241 Å². The van der Waals surface area contributed by atoms with Crippen LogP contribution in [0, 0.1) is 6.92 Å². The van der Waals surface area contributed by atoms with Crippen molar-refractivity contribution >= 4 is 56.5 Å². The highest BCUT2D eigenvalue weighted by Gasteiger charge is 2.34. The van der Waals surface area contributed by atoms with Gasteiger partial charge in [0.05, 0.1) is 22.4 Å². The fourth-order valence-electron chi connectivity index (χ4n) is 5.51. The summed E-state index contributed by atoms with van der Waals surface area (Å²) < 4.78 is 5.97. The van der Waals surface area contributed by atoms with Gasteiger partial charge >= 0.3 is 6.03 Å². The van der Waals surface area contributed by atoms with Gasteiger partial charge in [-0.1, -0.05) is 24.8 Å². The Morgan fingerprint density at radius 1 is 1.07 bits per heavy atom. The summed E-state index contributed by atoms with van der Waals surface area (Å²) in [7, 11) is 0. The summed E-state index contributed by atoms with van der Waals surface area (Å²) in [5.74, 6) is 0.918. The summed E-state index contributed by atoms with van der Waals surface area (Å²) in [6.07, 6.45) is 6.12. The molecule has 1 aliphatic carbocycles. The van der Waals surface area contributed by atoms with E-state index in [9.17, 15) is 14.4 Å². The molecular formula is C31H29N5O4S. The number of hydrogen-bond donors (Lipinski definition) is 3. The number of pyridine rings is 1. The molecule has 3 heterocycles. The number of aromatic nitrogens is 1. The summed E-state index contributed by atoms with van der Waals surface area (Å²) in [6, 6.07) is 16.4. The Morgan fingerprint density at radius 3 is 2.61 bits per heavy atom. The maximum absolute atomic E-state index is 13.6. The molecule has 0 radical (unpaired) electrons. The molecule has 1 fully saturated rings. The molecule has 0 bridgehead atoms. The second kappa shape index (κ2) is 11.1. The van der Waals surface area contributed by atoms with Crippen molar-refractivity contribution in [2.75, 3.05) is 10.2 Å². The number of amides is 4. The molecule has 208 valence electrons. The normalized spacial score (nSPS) is 18.0. The first kappa shape index (κ1) is 26.5. The monoisotopic (exact) mass is 567 g/mol.